The fraction of sp³-hybridized carbons (Fsp3) is 0.0909. The quantitative estimate of drug-likeness (QED) is 0.0940. The highest BCUT2D eigenvalue weighted by Crippen LogP contribution is 2.47. The van der Waals surface area contributed by atoms with Crippen LogP contribution in [0.3, 0.4) is 0 Å². The average Bonchev–Trinajstić information content (AvgIpc) is 3.38. The SMILES string of the molecule is c1ccc(Cc2cc(Oc3cc(Cc4ccccc4)c(Cc4ccccc4)c(Cc4ccccc4)c3-c3ccccc3)c(-c3ccccc3)c(Cc3ccccc3)c2Cc2ccccc2)cc1. The minimum Gasteiger partial charge on any atom is -0.456 e. The summed E-state index contributed by atoms with van der Waals surface area (Å²) in [6.45, 7) is 0. The van der Waals surface area contributed by atoms with Crippen LogP contribution in [0.4, 0.5) is 0 Å². The van der Waals surface area contributed by atoms with E-state index in [1.807, 2.05) is 0 Å². The average molecular weight is 863 g/mol. The van der Waals surface area contributed by atoms with Crippen molar-refractivity contribution in [3.8, 4) is 33.8 Å². The summed E-state index contributed by atoms with van der Waals surface area (Å²) in [4.78, 5) is 0. The Kier molecular flexibility index (Phi) is 13.4. The van der Waals surface area contributed by atoms with Crippen molar-refractivity contribution < 1.29 is 4.74 Å². The Balaban J connectivity index is 1.28. The van der Waals surface area contributed by atoms with Gasteiger partial charge in [-0.25, -0.2) is 0 Å². The highest BCUT2D eigenvalue weighted by atomic mass is 16.5. The second kappa shape index (κ2) is 20.9. The van der Waals surface area contributed by atoms with Crippen LogP contribution in [0.1, 0.15) is 66.8 Å². The topological polar surface area (TPSA) is 9.23 Å². The van der Waals surface area contributed by atoms with Gasteiger partial charge in [0, 0.05) is 11.1 Å². The number of ether oxygens (including phenoxy) is 1. The molecule has 67 heavy (non-hydrogen) atoms. The summed E-state index contributed by atoms with van der Waals surface area (Å²) >= 11 is 0. The molecule has 1 heteroatoms. The molecule has 0 saturated carbocycles. The Morgan fingerprint density at radius 3 is 0.716 bits per heavy atom. The summed E-state index contributed by atoms with van der Waals surface area (Å²) < 4.78 is 7.87. The van der Waals surface area contributed by atoms with Crippen LogP contribution < -0.4 is 4.74 Å². The molecule has 0 spiro atoms. The lowest BCUT2D eigenvalue weighted by atomic mass is 9.82. The first-order valence-electron chi connectivity index (χ1n) is 23.6. The van der Waals surface area contributed by atoms with Crippen molar-refractivity contribution in [2.45, 2.75) is 38.5 Å². The molecule has 0 N–H and O–H groups in total. The summed E-state index contributed by atoms with van der Waals surface area (Å²) in [6.07, 6.45) is 4.67. The molecule has 0 aromatic heterocycles. The maximum atomic E-state index is 7.87. The largest absolute Gasteiger partial charge is 0.456 e. The van der Waals surface area contributed by atoms with Gasteiger partial charge in [0.25, 0.3) is 0 Å². The number of rotatable bonds is 16. The van der Waals surface area contributed by atoms with Crippen LogP contribution >= 0.6 is 0 Å². The lowest BCUT2D eigenvalue weighted by molar-refractivity contribution is 0.483. The van der Waals surface area contributed by atoms with Crippen molar-refractivity contribution in [1.82, 2.24) is 0 Å². The van der Waals surface area contributed by atoms with E-state index in [0.717, 1.165) is 72.3 Å². The van der Waals surface area contributed by atoms with Crippen molar-refractivity contribution in [2.24, 2.45) is 0 Å². The lowest BCUT2D eigenvalue weighted by Crippen LogP contribution is -2.10. The maximum absolute atomic E-state index is 7.87. The van der Waals surface area contributed by atoms with Gasteiger partial charge in [-0.15, -0.1) is 0 Å². The normalized spacial score (nSPS) is 11.0. The van der Waals surface area contributed by atoms with E-state index in [4.69, 9.17) is 4.74 Å². The predicted octanol–water partition coefficient (Wildman–Crippen LogP) is 16.4. The monoisotopic (exact) mass is 862 g/mol. The van der Waals surface area contributed by atoms with Crippen LogP contribution in [-0.4, -0.2) is 0 Å². The molecule has 0 unspecified atom stereocenters. The van der Waals surface area contributed by atoms with Crippen molar-refractivity contribution >= 4 is 0 Å². The van der Waals surface area contributed by atoms with Gasteiger partial charge in [-0.3, -0.25) is 0 Å². The summed E-state index contributed by atoms with van der Waals surface area (Å²) in [5.74, 6) is 1.73. The molecule has 0 fully saturated rings. The second-order valence-electron chi connectivity index (χ2n) is 17.5. The lowest BCUT2D eigenvalue weighted by Gasteiger charge is -2.27. The van der Waals surface area contributed by atoms with Crippen molar-refractivity contribution in [2.75, 3.05) is 0 Å². The zero-order valence-corrected chi connectivity index (χ0v) is 37.9. The van der Waals surface area contributed by atoms with E-state index >= 15 is 0 Å². The first-order valence-corrected chi connectivity index (χ1v) is 23.6. The van der Waals surface area contributed by atoms with E-state index in [-0.39, 0.29) is 0 Å². The van der Waals surface area contributed by atoms with Crippen molar-refractivity contribution in [1.29, 1.82) is 0 Å². The summed E-state index contributed by atoms with van der Waals surface area (Å²) in [6, 6.07) is 92.2. The molecule has 0 radical (unpaired) electrons. The zero-order chi connectivity index (χ0) is 45.0. The first kappa shape index (κ1) is 42.9. The van der Waals surface area contributed by atoms with E-state index in [9.17, 15) is 0 Å². The summed E-state index contributed by atoms with van der Waals surface area (Å²) in [5.41, 5.74) is 20.0. The van der Waals surface area contributed by atoms with Crippen LogP contribution in [0, 0.1) is 0 Å². The third-order valence-corrected chi connectivity index (χ3v) is 12.9. The molecule has 0 aliphatic heterocycles. The molecule has 324 valence electrons. The van der Waals surface area contributed by atoms with Crippen molar-refractivity contribution in [3.63, 3.8) is 0 Å². The minimum absolute atomic E-state index is 0.756. The van der Waals surface area contributed by atoms with Gasteiger partial charge in [0.1, 0.15) is 11.5 Å². The van der Waals surface area contributed by atoms with Crippen LogP contribution in [0.25, 0.3) is 22.3 Å². The summed E-state index contributed by atoms with van der Waals surface area (Å²) in [7, 11) is 0. The zero-order valence-electron chi connectivity index (χ0n) is 37.9. The molecule has 0 amide bonds. The fourth-order valence-corrected chi connectivity index (χ4v) is 9.72. The van der Waals surface area contributed by atoms with Crippen LogP contribution in [-0.2, 0) is 38.5 Å². The van der Waals surface area contributed by atoms with Gasteiger partial charge in [0.2, 0.25) is 0 Å². The van der Waals surface area contributed by atoms with Gasteiger partial charge >= 0.3 is 0 Å². The molecule has 0 aliphatic rings. The van der Waals surface area contributed by atoms with Gasteiger partial charge in [-0.2, -0.15) is 0 Å². The van der Waals surface area contributed by atoms with Gasteiger partial charge in [0.05, 0.1) is 0 Å². The highest BCUT2D eigenvalue weighted by Gasteiger charge is 2.26. The fourth-order valence-electron chi connectivity index (χ4n) is 9.72. The van der Waals surface area contributed by atoms with Gasteiger partial charge < -0.3 is 4.74 Å². The Labute approximate surface area is 396 Å². The predicted molar refractivity (Wildman–Crippen MR) is 279 cm³/mol. The molecule has 0 saturated heterocycles. The van der Waals surface area contributed by atoms with E-state index in [0.29, 0.717) is 0 Å². The molecule has 0 aliphatic carbocycles. The van der Waals surface area contributed by atoms with E-state index in [1.54, 1.807) is 0 Å². The highest BCUT2D eigenvalue weighted by molar-refractivity contribution is 5.81. The smallest absolute Gasteiger partial charge is 0.135 e. The second-order valence-corrected chi connectivity index (χ2v) is 17.5. The first-order chi connectivity index (χ1) is 33.2. The standard InChI is InChI=1S/C66H54O/c1-9-25-49(26-10-1)41-57-47-63(65(55-37-21-7-22-38-55)61(45-53-33-17-5-18-34-53)59(57)43-51-29-13-3-14-30-51)67-64-48-58(42-50-27-11-2-12-28-50)60(44-52-31-15-4-16-32-52)62(46-54-35-19-6-20-36-54)66(64)56-39-23-8-24-40-56/h1-40,47-48H,41-46H2. The Morgan fingerprint density at radius 1 is 0.224 bits per heavy atom. The van der Waals surface area contributed by atoms with Crippen LogP contribution in [0.5, 0.6) is 11.5 Å². The Bertz CT molecular complexity index is 2910. The van der Waals surface area contributed by atoms with E-state index < -0.39 is 0 Å². The third kappa shape index (κ3) is 10.4. The van der Waals surface area contributed by atoms with Gasteiger partial charge in [-0.1, -0.05) is 243 Å². The number of hydrogen-bond acceptors (Lipinski definition) is 1. The van der Waals surface area contributed by atoms with Crippen molar-refractivity contribution in [3.05, 3.63) is 322 Å². The number of hydrogen-bond donors (Lipinski definition) is 0. The van der Waals surface area contributed by atoms with Gasteiger partial charge in [0.15, 0.2) is 0 Å². The summed E-state index contributed by atoms with van der Waals surface area (Å²) in [5, 5.41) is 0. The third-order valence-electron chi connectivity index (χ3n) is 12.9. The molecule has 10 aromatic carbocycles. The number of benzene rings is 10. The van der Waals surface area contributed by atoms with E-state index in [2.05, 4.69) is 255 Å². The molecule has 10 aromatic rings. The van der Waals surface area contributed by atoms with E-state index in [1.165, 1.54) is 66.8 Å². The Hall–Kier alpha value is -8.00. The molecule has 0 heterocycles. The maximum Gasteiger partial charge on any atom is 0.135 e. The van der Waals surface area contributed by atoms with Crippen LogP contribution in [0.2, 0.25) is 0 Å². The molecular formula is C66H54O. The van der Waals surface area contributed by atoms with Gasteiger partial charge in [-0.05, 0) is 129 Å². The molecule has 1 nitrogen and oxygen atoms in total. The molecular weight excluding hydrogens is 809 g/mol. The molecule has 0 bridgehead atoms. The van der Waals surface area contributed by atoms with Crippen LogP contribution in [0.15, 0.2) is 255 Å². The Morgan fingerprint density at radius 2 is 0.448 bits per heavy atom. The molecule has 0 atom stereocenters. The minimum atomic E-state index is 0.756. The molecule has 10 rings (SSSR count).